The highest BCUT2D eigenvalue weighted by Crippen LogP contribution is 2.18. The predicted molar refractivity (Wildman–Crippen MR) is 54.1 cm³/mol. The maximum absolute atomic E-state index is 4.17. The highest BCUT2D eigenvalue weighted by Gasteiger charge is 2.08. The molecule has 4 nitrogen and oxygen atoms in total. The fourth-order valence-electron chi connectivity index (χ4n) is 1.33. The van der Waals surface area contributed by atoms with E-state index >= 15 is 0 Å². The Morgan fingerprint density at radius 2 is 1.93 bits per heavy atom. The molecule has 0 aliphatic heterocycles. The molecule has 0 bridgehead atoms. The highest BCUT2D eigenvalue weighted by molar-refractivity contribution is 7.14. The lowest BCUT2D eigenvalue weighted by molar-refractivity contribution is 0.966. The second-order valence-corrected chi connectivity index (χ2v) is 3.63. The first-order valence-electron chi connectivity index (χ1n) is 4.15. The van der Waals surface area contributed by atoms with Crippen LogP contribution in [0.2, 0.25) is 0 Å². The van der Waals surface area contributed by atoms with Crippen LogP contribution in [0.5, 0.6) is 0 Å². The van der Waals surface area contributed by atoms with Crippen LogP contribution < -0.4 is 0 Å². The molecule has 2 heterocycles. The Hall–Kier alpha value is -1.75. The molecule has 0 amide bonds. The van der Waals surface area contributed by atoms with Crippen molar-refractivity contribution in [2.24, 2.45) is 0 Å². The molecule has 68 valence electrons. The summed E-state index contributed by atoms with van der Waals surface area (Å²) in [5.41, 5.74) is 2.79. The number of hydrogen-bond acceptors (Lipinski definition) is 4. The second kappa shape index (κ2) is 2.88. The fourth-order valence-corrected chi connectivity index (χ4v) is 1.89. The van der Waals surface area contributed by atoms with Crippen LogP contribution in [0.1, 0.15) is 0 Å². The zero-order chi connectivity index (χ0) is 9.38. The van der Waals surface area contributed by atoms with Gasteiger partial charge in [-0.05, 0) is 0 Å². The number of hydrogen-bond donors (Lipinski definition) is 0. The summed E-state index contributed by atoms with van der Waals surface area (Å²) in [5, 5.41) is 12.3. The molecule has 2 aromatic heterocycles. The van der Waals surface area contributed by atoms with Gasteiger partial charge in [0.05, 0.1) is 0 Å². The number of fused-ring (bicyclic) bond motifs is 1. The van der Waals surface area contributed by atoms with Crippen LogP contribution in [0.25, 0.3) is 16.3 Å². The van der Waals surface area contributed by atoms with Crippen LogP contribution in [0, 0.1) is 0 Å². The summed E-state index contributed by atoms with van der Waals surface area (Å²) in [6.07, 6.45) is 0. The van der Waals surface area contributed by atoms with Gasteiger partial charge in [-0.3, -0.25) is 0 Å². The minimum atomic E-state index is 0.793. The first-order valence-corrected chi connectivity index (χ1v) is 5.03. The van der Waals surface area contributed by atoms with E-state index in [2.05, 4.69) is 15.3 Å². The molecule has 0 unspecified atom stereocenters. The summed E-state index contributed by atoms with van der Waals surface area (Å²) in [7, 11) is 0. The summed E-state index contributed by atoms with van der Waals surface area (Å²) in [4.78, 5) is 0.823. The van der Waals surface area contributed by atoms with Crippen molar-refractivity contribution in [2.75, 3.05) is 0 Å². The van der Waals surface area contributed by atoms with E-state index in [9.17, 15) is 0 Å². The van der Waals surface area contributed by atoms with E-state index in [0.29, 0.717) is 0 Å². The molecular weight excluding hydrogens is 196 g/mol. The van der Waals surface area contributed by atoms with E-state index in [1.165, 1.54) is 11.3 Å². The van der Waals surface area contributed by atoms with E-state index in [4.69, 9.17) is 0 Å². The Bertz CT molecular complexity index is 554. The molecular formula is C9H6N4S. The van der Waals surface area contributed by atoms with Crippen molar-refractivity contribution in [2.45, 2.75) is 0 Å². The number of benzene rings is 1. The largest absolute Gasteiger partial charge is 0.234 e. The number of nitrogens with zero attached hydrogens (tertiary/aromatic N) is 4. The third-order valence-electron chi connectivity index (χ3n) is 1.96. The molecule has 0 saturated carbocycles. The van der Waals surface area contributed by atoms with E-state index < -0.39 is 0 Å². The second-order valence-electron chi connectivity index (χ2n) is 2.82. The van der Waals surface area contributed by atoms with Crippen LogP contribution in [-0.4, -0.2) is 19.8 Å². The van der Waals surface area contributed by atoms with Crippen LogP contribution in [0.4, 0.5) is 0 Å². The molecule has 0 atom stereocenters. The van der Waals surface area contributed by atoms with Crippen molar-refractivity contribution in [1.29, 1.82) is 0 Å². The minimum Gasteiger partial charge on any atom is -0.183 e. The van der Waals surface area contributed by atoms with Crippen molar-refractivity contribution in [3.8, 4) is 11.4 Å². The number of rotatable bonds is 1. The van der Waals surface area contributed by atoms with E-state index in [-0.39, 0.29) is 0 Å². The third-order valence-corrected chi connectivity index (χ3v) is 2.63. The summed E-state index contributed by atoms with van der Waals surface area (Å²) in [5.74, 6) is 0.793. The highest BCUT2D eigenvalue weighted by atomic mass is 32.1. The van der Waals surface area contributed by atoms with Crippen LogP contribution >= 0.6 is 11.3 Å². The molecule has 3 rings (SSSR count). The SMILES string of the molecule is c1ccc(-c2nnc3scnn23)cc1. The van der Waals surface area contributed by atoms with Crippen molar-refractivity contribution < 1.29 is 0 Å². The predicted octanol–water partition coefficient (Wildman–Crippen LogP) is 1.85. The van der Waals surface area contributed by atoms with Gasteiger partial charge in [0.2, 0.25) is 4.96 Å². The van der Waals surface area contributed by atoms with Crippen molar-refractivity contribution in [1.82, 2.24) is 19.8 Å². The van der Waals surface area contributed by atoms with Crippen molar-refractivity contribution in [3.05, 3.63) is 35.8 Å². The maximum Gasteiger partial charge on any atom is 0.234 e. The lowest BCUT2D eigenvalue weighted by Gasteiger charge is -1.94. The van der Waals surface area contributed by atoms with Gasteiger partial charge in [-0.2, -0.15) is 9.61 Å². The van der Waals surface area contributed by atoms with Gasteiger partial charge >= 0.3 is 0 Å². The van der Waals surface area contributed by atoms with Crippen LogP contribution in [-0.2, 0) is 0 Å². The van der Waals surface area contributed by atoms with E-state index in [1.54, 1.807) is 10.0 Å². The van der Waals surface area contributed by atoms with Crippen LogP contribution in [0.3, 0.4) is 0 Å². The maximum atomic E-state index is 4.17. The average molecular weight is 202 g/mol. The Morgan fingerprint density at radius 1 is 1.07 bits per heavy atom. The fraction of sp³-hybridized carbons (Fsp3) is 0. The van der Waals surface area contributed by atoms with Crippen molar-refractivity contribution in [3.63, 3.8) is 0 Å². The Morgan fingerprint density at radius 3 is 2.79 bits per heavy atom. The summed E-state index contributed by atoms with van der Waals surface area (Å²) in [6.45, 7) is 0. The molecule has 0 aliphatic carbocycles. The standard InChI is InChI=1S/C9H6N4S/c1-2-4-7(5-3-1)8-11-12-9-13(8)10-6-14-9/h1-6H. The van der Waals surface area contributed by atoms with Crippen molar-refractivity contribution >= 4 is 16.3 Å². The van der Waals surface area contributed by atoms with E-state index in [0.717, 1.165) is 16.3 Å². The smallest absolute Gasteiger partial charge is 0.183 e. The van der Waals surface area contributed by atoms with E-state index in [1.807, 2.05) is 30.3 Å². The van der Waals surface area contributed by atoms with Gasteiger partial charge in [0, 0.05) is 5.56 Å². The lowest BCUT2D eigenvalue weighted by Crippen LogP contribution is -1.88. The first-order chi connectivity index (χ1) is 6.95. The molecule has 0 aliphatic rings. The zero-order valence-corrected chi connectivity index (χ0v) is 7.98. The van der Waals surface area contributed by atoms with Gasteiger partial charge in [0.15, 0.2) is 5.82 Å². The molecule has 14 heavy (non-hydrogen) atoms. The molecule has 1 aromatic carbocycles. The molecule has 0 spiro atoms. The molecule has 0 fully saturated rings. The Labute approximate surface area is 83.8 Å². The zero-order valence-electron chi connectivity index (χ0n) is 7.16. The molecule has 5 heteroatoms. The topological polar surface area (TPSA) is 43.1 Å². The van der Waals surface area contributed by atoms with Gasteiger partial charge < -0.3 is 0 Å². The van der Waals surface area contributed by atoms with Gasteiger partial charge in [-0.25, -0.2) is 0 Å². The molecule has 0 N–H and O–H groups in total. The summed E-state index contributed by atoms with van der Waals surface area (Å²) < 4.78 is 1.75. The molecule has 3 aromatic rings. The van der Waals surface area contributed by atoms with Gasteiger partial charge in [-0.1, -0.05) is 41.7 Å². The molecule has 0 saturated heterocycles. The average Bonchev–Trinajstić information content (AvgIpc) is 2.79. The van der Waals surface area contributed by atoms with Gasteiger partial charge in [0.1, 0.15) is 5.51 Å². The van der Waals surface area contributed by atoms with Crippen LogP contribution in [0.15, 0.2) is 35.8 Å². The Balaban J connectivity index is 2.28. The minimum absolute atomic E-state index is 0.793. The Kier molecular flexibility index (Phi) is 1.57. The first kappa shape index (κ1) is 7.64. The summed E-state index contributed by atoms with van der Waals surface area (Å²) in [6, 6.07) is 9.92. The lowest BCUT2D eigenvalue weighted by atomic mass is 10.2. The van der Waals surface area contributed by atoms with Gasteiger partial charge in [0.25, 0.3) is 0 Å². The quantitative estimate of drug-likeness (QED) is 0.604. The number of aromatic nitrogens is 4. The van der Waals surface area contributed by atoms with Gasteiger partial charge in [-0.15, -0.1) is 10.2 Å². The normalized spacial score (nSPS) is 10.9. The molecule has 0 radical (unpaired) electrons. The monoisotopic (exact) mass is 202 g/mol. The summed E-state index contributed by atoms with van der Waals surface area (Å²) >= 11 is 1.48. The third kappa shape index (κ3) is 1.03.